The zero-order valence-corrected chi connectivity index (χ0v) is 9.08. The summed E-state index contributed by atoms with van der Waals surface area (Å²) < 4.78 is 5.38. The van der Waals surface area contributed by atoms with Crippen molar-refractivity contribution in [1.29, 1.82) is 5.26 Å². The van der Waals surface area contributed by atoms with E-state index in [1.54, 1.807) is 12.1 Å². The molecule has 0 bridgehead atoms. The Hall–Kier alpha value is -1.75. The molecular weight excluding hydrogens is 186 g/mol. The van der Waals surface area contributed by atoms with Crippen molar-refractivity contribution in [3.8, 4) is 11.8 Å². The Morgan fingerprint density at radius 1 is 1.53 bits per heavy atom. The molecule has 0 unspecified atom stereocenters. The van der Waals surface area contributed by atoms with Crippen LogP contribution in [0, 0.1) is 17.2 Å². The molecule has 77 valence electrons. The van der Waals surface area contributed by atoms with Gasteiger partial charge in [0.15, 0.2) is 0 Å². The minimum absolute atomic E-state index is 0.599. The van der Waals surface area contributed by atoms with Crippen LogP contribution in [-0.2, 0) is 0 Å². The topological polar surface area (TPSA) is 33.0 Å². The molecule has 1 radical (unpaired) electrons. The van der Waals surface area contributed by atoms with Crippen molar-refractivity contribution in [2.75, 3.05) is 6.61 Å². The van der Waals surface area contributed by atoms with Crippen molar-refractivity contribution in [1.82, 2.24) is 0 Å². The van der Waals surface area contributed by atoms with Gasteiger partial charge < -0.3 is 4.74 Å². The standard InChI is InChI=1S/C13H14NO/c1-4-10(3)12-6-11(9-14)7-13(8-12)15-5-2/h4,6-8H,1,5H2,2-3H3. The number of hydrogen-bond acceptors (Lipinski definition) is 2. The Kier molecular flexibility index (Phi) is 3.93. The van der Waals surface area contributed by atoms with Crippen LogP contribution in [0.5, 0.6) is 5.75 Å². The molecule has 1 rings (SSSR count). The van der Waals surface area contributed by atoms with Crippen LogP contribution in [-0.4, -0.2) is 6.61 Å². The average Bonchev–Trinajstić information content (AvgIpc) is 2.28. The molecule has 0 saturated carbocycles. The summed E-state index contributed by atoms with van der Waals surface area (Å²) in [5.74, 6) is 1.76. The number of hydrogen-bond donors (Lipinski definition) is 0. The Labute approximate surface area is 90.8 Å². The molecule has 2 nitrogen and oxygen atoms in total. The maximum Gasteiger partial charge on any atom is 0.120 e. The molecule has 0 heterocycles. The van der Waals surface area contributed by atoms with E-state index in [2.05, 4.69) is 12.6 Å². The number of nitriles is 1. The van der Waals surface area contributed by atoms with Crippen molar-refractivity contribution in [2.24, 2.45) is 0 Å². The lowest BCUT2D eigenvalue weighted by Crippen LogP contribution is -1.96. The minimum atomic E-state index is 0.599. The fraction of sp³-hybridized carbons (Fsp3) is 0.231. The van der Waals surface area contributed by atoms with Gasteiger partial charge in [-0.2, -0.15) is 5.26 Å². The summed E-state index contributed by atoms with van der Waals surface area (Å²) in [5.41, 5.74) is 1.59. The first-order chi connectivity index (χ1) is 7.21. The van der Waals surface area contributed by atoms with Gasteiger partial charge in [0.1, 0.15) is 5.75 Å². The van der Waals surface area contributed by atoms with E-state index in [0.717, 1.165) is 17.2 Å². The molecule has 15 heavy (non-hydrogen) atoms. The van der Waals surface area contributed by atoms with E-state index < -0.39 is 0 Å². The highest BCUT2D eigenvalue weighted by atomic mass is 16.5. The van der Waals surface area contributed by atoms with Gasteiger partial charge in [0, 0.05) is 5.92 Å². The van der Waals surface area contributed by atoms with Gasteiger partial charge >= 0.3 is 0 Å². The second-order valence-corrected chi connectivity index (χ2v) is 3.18. The zero-order valence-electron chi connectivity index (χ0n) is 9.08. The first-order valence-electron chi connectivity index (χ1n) is 4.85. The number of rotatable bonds is 4. The fourth-order valence-electron chi connectivity index (χ4n) is 1.26. The summed E-state index contributed by atoms with van der Waals surface area (Å²) in [6.45, 7) is 8.18. The van der Waals surface area contributed by atoms with Crippen LogP contribution in [0.3, 0.4) is 0 Å². The highest BCUT2D eigenvalue weighted by molar-refractivity contribution is 5.47. The third kappa shape index (κ3) is 2.85. The molecule has 1 aromatic carbocycles. The summed E-state index contributed by atoms with van der Waals surface area (Å²) in [6, 6.07) is 7.61. The normalized spacial score (nSPS) is 9.73. The van der Waals surface area contributed by atoms with Crippen LogP contribution in [0.2, 0.25) is 0 Å². The van der Waals surface area contributed by atoms with Gasteiger partial charge in [0.05, 0.1) is 18.2 Å². The van der Waals surface area contributed by atoms with Crippen molar-refractivity contribution in [2.45, 2.75) is 13.8 Å². The van der Waals surface area contributed by atoms with Crippen molar-refractivity contribution >= 4 is 0 Å². The van der Waals surface area contributed by atoms with Crippen molar-refractivity contribution < 1.29 is 4.74 Å². The van der Waals surface area contributed by atoms with E-state index in [9.17, 15) is 0 Å². The quantitative estimate of drug-likeness (QED) is 0.748. The summed E-state index contributed by atoms with van der Waals surface area (Å²) in [4.78, 5) is 0. The average molecular weight is 200 g/mol. The summed E-state index contributed by atoms with van der Waals surface area (Å²) in [7, 11) is 0. The Balaban J connectivity index is 3.12. The van der Waals surface area contributed by atoms with Gasteiger partial charge in [-0.25, -0.2) is 0 Å². The smallest absolute Gasteiger partial charge is 0.120 e. The Morgan fingerprint density at radius 3 is 2.80 bits per heavy atom. The van der Waals surface area contributed by atoms with Crippen molar-refractivity contribution in [3.63, 3.8) is 0 Å². The molecule has 0 spiro atoms. The lowest BCUT2D eigenvalue weighted by molar-refractivity contribution is 0.340. The van der Waals surface area contributed by atoms with E-state index in [4.69, 9.17) is 10.00 Å². The van der Waals surface area contributed by atoms with E-state index in [-0.39, 0.29) is 0 Å². The number of nitrogens with zero attached hydrogens (tertiary/aromatic N) is 1. The summed E-state index contributed by atoms with van der Waals surface area (Å²) >= 11 is 0. The number of ether oxygens (including phenoxy) is 1. The van der Waals surface area contributed by atoms with E-state index >= 15 is 0 Å². The SMILES string of the molecule is C=C[C](C)c1cc(C#N)cc(OCC)c1. The lowest BCUT2D eigenvalue weighted by Gasteiger charge is -2.09. The molecule has 0 saturated heterocycles. The molecule has 0 atom stereocenters. The largest absolute Gasteiger partial charge is 0.494 e. The van der Waals surface area contributed by atoms with Gasteiger partial charge in [-0.05, 0) is 30.7 Å². The first kappa shape index (κ1) is 11.3. The fourth-order valence-corrected chi connectivity index (χ4v) is 1.26. The van der Waals surface area contributed by atoms with E-state index in [0.29, 0.717) is 12.2 Å². The molecule has 2 heteroatoms. The maximum atomic E-state index is 8.87. The van der Waals surface area contributed by atoms with Gasteiger partial charge in [-0.15, -0.1) is 6.58 Å². The van der Waals surface area contributed by atoms with Crippen LogP contribution in [0.4, 0.5) is 0 Å². The predicted molar refractivity (Wildman–Crippen MR) is 60.5 cm³/mol. The molecule has 1 aromatic rings. The molecule has 0 aliphatic carbocycles. The van der Waals surface area contributed by atoms with Gasteiger partial charge in [0.2, 0.25) is 0 Å². The second-order valence-electron chi connectivity index (χ2n) is 3.18. The molecule has 0 amide bonds. The monoisotopic (exact) mass is 200 g/mol. The van der Waals surface area contributed by atoms with E-state index in [1.165, 1.54) is 0 Å². The molecular formula is C13H14NO. The van der Waals surface area contributed by atoms with E-state index in [1.807, 2.05) is 26.0 Å². The number of benzene rings is 1. The third-order valence-electron chi connectivity index (χ3n) is 2.11. The Morgan fingerprint density at radius 2 is 2.27 bits per heavy atom. The molecule has 0 aliphatic rings. The van der Waals surface area contributed by atoms with Crippen LogP contribution in [0.1, 0.15) is 25.0 Å². The summed E-state index contributed by atoms with van der Waals surface area (Å²) in [6.07, 6.45) is 1.77. The first-order valence-corrected chi connectivity index (χ1v) is 4.85. The van der Waals surface area contributed by atoms with Crippen LogP contribution < -0.4 is 4.74 Å². The van der Waals surface area contributed by atoms with Crippen LogP contribution >= 0.6 is 0 Å². The number of allylic oxidation sites excluding steroid dienone is 1. The Bertz CT molecular complexity index is 390. The molecule has 0 N–H and O–H groups in total. The third-order valence-corrected chi connectivity index (χ3v) is 2.11. The highest BCUT2D eigenvalue weighted by Gasteiger charge is 2.06. The lowest BCUT2D eigenvalue weighted by atomic mass is 9.99. The maximum absolute atomic E-state index is 8.87. The van der Waals surface area contributed by atoms with Crippen LogP contribution in [0.25, 0.3) is 0 Å². The molecule has 0 aromatic heterocycles. The highest BCUT2D eigenvalue weighted by Crippen LogP contribution is 2.23. The molecule has 0 fully saturated rings. The summed E-state index contributed by atoms with van der Waals surface area (Å²) in [5, 5.41) is 8.87. The van der Waals surface area contributed by atoms with Crippen molar-refractivity contribution in [3.05, 3.63) is 47.9 Å². The van der Waals surface area contributed by atoms with Gasteiger partial charge in [0.25, 0.3) is 0 Å². The zero-order chi connectivity index (χ0) is 11.3. The van der Waals surface area contributed by atoms with Gasteiger partial charge in [-0.3, -0.25) is 0 Å². The second kappa shape index (κ2) is 5.21. The molecule has 0 aliphatic heterocycles. The minimum Gasteiger partial charge on any atom is -0.494 e. The van der Waals surface area contributed by atoms with Crippen LogP contribution in [0.15, 0.2) is 30.9 Å². The van der Waals surface area contributed by atoms with Gasteiger partial charge in [-0.1, -0.05) is 13.0 Å². The predicted octanol–water partition coefficient (Wildman–Crippen LogP) is 3.09.